The lowest BCUT2D eigenvalue weighted by Gasteiger charge is -2.16. The highest BCUT2D eigenvalue weighted by Gasteiger charge is 2.30. The SMILES string of the molecule is C[C@H](Nc1ccc(OC(F)(F)F)cc1)C(=O)Nc1cccc(F)c1. The molecule has 0 aliphatic carbocycles. The van der Waals surface area contributed by atoms with Crippen molar-refractivity contribution in [1.29, 1.82) is 0 Å². The summed E-state index contributed by atoms with van der Waals surface area (Å²) in [6, 6.07) is 9.71. The van der Waals surface area contributed by atoms with Crippen molar-refractivity contribution in [1.82, 2.24) is 0 Å². The number of hydrogen-bond acceptors (Lipinski definition) is 3. The van der Waals surface area contributed by atoms with Gasteiger partial charge in [-0.25, -0.2) is 4.39 Å². The van der Waals surface area contributed by atoms with Gasteiger partial charge in [0.15, 0.2) is 0 Å². The molecule has 0 fully saturated rings. The minimum absolute atomic E-state index is 0.308. The normalized spacial score (nSPS) is 12.4. The summed E-state index contributed by atoms with van der Waals surface area (Å²) in [6.45, 7) is 1.56. The monoisotopic (exact) mass is 342 g/mol. The fraction of sp³-hybridized carbons (Fsp3) is 0.188. The van der Waals surface area contributed by atoms with Crippen LogP contribution in [0, 0.1) is 5.82 Å². The van der Waals surface area contributed by atoms with Crippen molar-refractivity contribution in [2.75, 3.05) is 10.6 Å². The smallest absolute Gasteiger partial charge is 0.406 e. The number of alkyl halides is 3. The molecule has 0 saturated heterocycles. The topological polar surface area (TPSA) is 50.4 Å². The Balaban J connectivity index is 1.93. The number of nitrogens with one attached hydrogen (secondary N) is 2. The van der Waals surface area contributed by atoms with Gasteiger partial charge >= 0.3 is 6.36 Å². The van der Waals surface area contributed by atoms with Crippen LogP contribution in [0.4, 0.5) is 28.9 Å². The quantitative estimate of drug-likeness (QED) is 0.802. The third-order valence-corrected chi connectivity index (χ3v) is 2.96. The van der Waals surface area contributed by atoms with Gasteiger partial charge in [0.2, 0.25) is 5.91 Å². The Morgan fingerprint density at radius 1 is 1.08 bits per heavy atom. The van der Waals surface area contributed by atoms with Crippen molar-refractivity contribution >= 4 is 17.3 Å². The molecular formula is C16H14F4N2O2. The van der Waals surface area contributed by atoms with E-state index in [1.54, 1.807) is 6.92 Å². The molecule has 0 aliphatic rings. The van der Waals surface area contributed by atoms with Crippen LogP contribution in [0.5, 0.6) is 5.75 Å². The first kappa shape index (κ1) is 17.6. The average molecular weight is 342 g/mol. The summed E-state index contributed by atoms with van der Waals surface area (Å²) in [5.41, 5.74) is 0.744. The van der Waals surface area contributed by atoms with Gasteiger partial charge in [-0.15, -0.1) is 13.2 Å². The average Bonchev–Trinajstić information content (AvgIpc) is 2.47. The van der Waals surface area contributed by atoms with Crippen LogP contribution in [0.1, 0.15) is 6.92 Å². The van der Waals surface area contributed by atoms with Gasteiger partial charge in [0.1, 0.15) is 17.6 Å². The molecule has 0 aromatic heterocycles. The fourth-order valence-electron chi connectivity index (χ4n) is 1.89. The van der Waals surface area contributed by atoms with Gasteiger partial charge in [0.25, 0.3) is 0 Å². The number of halogens is 4. The molecule has 4 nitrogen and oxygen atoms in total. The van der Waals surface area contributed by atoms with Crippen molar-refractivity contribution in [2.45, 2.75) is 19.3 Å². The standard InChI is InChI=1S/C16H14F4N2O2/c1-10(15(23)22-13-4-2-3-11(17)9-13)21-12-5-7-14(8-6-12)24-16(18,19)20/h2-10,21H,1H3,(H,22,23)/t10-/m0/s1. The summed E-state index contributed by atoms with van der Waals surface area (Å²) in [7, 11) is 0. The van der Waals surface area contributed by atoms with Gasteiger partial charge in [-0.2, -0.15) is 0 Å². The maximum absolute atomic E-state index is 13.1. The van der Waals surface area contributed by atoms with Crippen LogP contribution < -0.4 is 15.4 Å². The highest BCUT2D eigenvalue weighted by atomic mass is 19.4. The van der Waals surface area contributed by atoms with Gasteiger partial charge in [0, 0.05) is 11.4 Å². The van der Waals surface area contributed by atoms with Crippen LogP contribution in [-0.4, -0.2) is 18.3 Å². The zero-order valence-electron chi connectivity index (χ0n) is 12.5. The van der Waals surface area contributed by atoms with Crippen molar-refractivity contribution in [3.63, 3.8) is 0 Å². The van der Waals surface area contributed by atoms with E-state index in [9.17, 15) is 22.4 Å². The molecule has 0 spiro atoms. The van der Waals surface area contributed by atoms with Crippen molar-refractivity contribution in [3.8, 4) is 5.75 Å². The Morgan fingerprint density at radius 3 is 2.33 bits per heavy atom. The summed E-state index contributed by atoms with van der Waals surface area (Å²) in [5, 5.41) is 5.35. The predicted octanol–water partition coefficient (Wildman–Crippen LogP) is 4.16. The summed E-state index contributed by atoms with van der Waals surface area (Å²) in [6.07, 6.45) is -4.76. The molecule has 2 aromatic carbocycles. The lowest BCUT2D eigenvalue weighted by molar-refractivity contribution is -0.274. The van der Waals surface area contributed by atoms with Crippen LogP contribution in [0.15, 0.2) is 48.5 Å². The molecule has 0 bridgehead atoms. The van der Waals surface area contributed by atoms with Crippen molar-refractivity contribution in [3.05, 3.63) is 54.3 Å². The van der Waals surface area contributed by atoms with Crippen molar-refractivity contribution in [2.24, 2.45) is 0 Å². The molecule has 128 valence electrons. The molecular weight excluding hydrogens is 328 g/mol. The molecule has 0 radical (unpaired) electrons. The largest absolute Gasteiger partial charge is 0.573 e. The number of benzene rings is 2. The number of carbonyl (C=O) groups is 1. The second-order valence-corrected chi connectivity index (χ2v) is 4.94. The number of hydrogen-bond donors (Lipinski definition) is 2. The molecule has 1 amide bonds. The van der Waals surface area contributed by atoms with Crippen LogP contribution >= 0.6 is 0 Å². The lowest BCUT2D eigenvalue weighted by Crippen LogP contribution is -2.31. The van der Waals surface area contributed by atoms with Crippen LogP contribution in [0.2, 0.25) is 0 Å². The highest BCUT2D eigenvalue weighted by Crippen LogP contribution is 2.24. The van der Waals surface area contributed by atoms with E-state index in [4.69, 9.17) is 0 Å². The number of anilines is 2. The Morgan fingerprint density at radius 2 is 1.75 bits per heavy atom. The summed E-state index contributed by atoms with van der Waals surface area (Å²) in [5.74, 6) is -1.25. The molecule has 1 atom stereocenters. The van der Waals surface area contributed by atoms with E-state index in [-0.39, 0.29) is 5.75 Å². The molecule has 2 aromatic rings. The van der Waals surface area contributed by atoms with Gasteiger partial charge in [-0.1, -0.05) is 6.07 Å². The molecule has 24 heavy (non-hydrogen) atoms. The zero-order valence-corrected chi connectivity index (χ0v) is 12.5. The van der Waals surface area contributed by atoms with Gasteiger partial charge in [-0.3, -0.25) is 4.79 Å². The molecule has 2 rings (SSSR count). The van der Waals surface area contributed by atoms with Gasteiger partial charge in [-0.05, 0) is 49.4 Å². The minimum Gasteiger partial charge on any atom is -0.406 e. The Labute approximate surface area is 135 Å². The van der Waals surface area contributed by atoms with E-state index < -0.39 is 24.1 Å². The first-order chi connectivity index (χ1) is 11.2. The molecule has 0 unspecified atom stereocenters. The van der Waals surface area contributed by atoms with E-state index in [0.29, 0.717) is 11.4 Å². The molecule has 8 heteroatoms. The number of carbonyl (C=O) groups excluding carboxylic acids is 1. The highest BCUT2D eigenvalue weighted by molar-refractivity contribution is 5.96. The Bertz CT molecular complexity index is 702. The summed E-state index contributed by atoms with van der Waals surface area (Å²) < 4.78 is 53.0. The molecule has 0 saturated carbocycles. The first-order valence-electron chi connectivity index (χ1n) is 6.92. The second kappa shape index (κ2) is 7.20. The molecule has 0 aliphatic heterocycles. The van der Waals surface area contributed by atoms with Crippen LogP contribution in [0.3, 0.4) is 0 Å². The van der Waals surface area contributed by atoms with E-state index in [2.05, 4.69) is 15.4 Å². The summed E-state index contributed by atoms with van der Waals surface area (Å²) >= 11 is 0. The summed E-state index contributed by atoms with van der Waals surface area (Å²) in [4.78, 5) is 12.0. The van der Waals surface area contributed by atoms with E-state index in [0.717, 1.165) is 12.1 Å². The number of amides is 1. The maximum atomic E-state index is 13.1. The van der Waals surface area contributed by atoms with E-state index in [1.807, 2.05) is 0 Å². The maximum Gasteiger partial charge on any atom is 0.573 e. The minimum atomic E-state index is -4.76. The molecule has 0 heterocycles. The van der Waals surface area contributed by atoms with Crippen LogP contribution in [-0.2, 0) is 4.79 Å². The zero-order chi connectivity index (χ0) is 17.7. The Kier molecular flexibility index (Phi) is 5.28. The predicted molar refractivity (Wildman–Crippen MR) is 81.2 cm³/mol. The first-order valence-corrected chi connectivity index (χ1v) is 6.92. The van der Waals surface area contributed by atoms with Gasteiger partial charge in [0.05, 0.1) is 0 Å². The third kappa shape index (κ3) is 5.45. The van der Waals surface area contributed by atoms with Crippen LogP contribution in [0.25, 0.3) is 0 Å². The number of rotatable bonds is 5. The lowest BCUT2D eigenvalue weighted by atomic mass is 10.2. The second-order valence-electron chi connectivity index (χ2n) is 4.94. The van der Waals surface area contributed by atoms with E-state index in [1.165, 1.54) is 36.4 Å². The number of ether oxygens (including phenoxy) is 1. The van der Waals surface area contributed by atoms with Crippen molar-refractivity contribution < 1.29 is 27.1 Å². The Hall–Kier alpha value is -2.77. The third-order valence-electron chi connectivity index (χ3n) is 2.96. The fourth-order valence-corrected chi connectivity index (χ4v) is 1.89. The van der Waals surface area contributed by atoms with E-state index >= 15 is 0 Å². The molecule has 2 N–H and O–H groups in total. The van der Waals surface area contributed by atoms with Gasteiger partial charge < -0.3 is 15.4 Å².